The lowest BCUT2D eigenvalue weighted by Crippen LogP contribution is -2.66. The lowest BCUT2D eigenvalue weighted by Gasteiger charge is -2.59. The number of nitrogens with one attached hydrogen (secondary N) is 1. The van der Waals surface area contributed by atoms with Crippen LogP contribution in [0.5, 0.6) is 0 Å². The van der Waals surface area contributed by atoms with Gasteiger partial charge in [0.25, 0.3) is 0 Å². The Morgan fingerprint density at radius 2 is 2.04 bits per heavy atom. The minimum Gasteiger partial charge on any atom is -0.481 e. The van der Waals surface area contributed by atoms with Crippen molar-refractivity contribution in [3.05, 3.63) is 41.5 Å². The molecule has 2 saturated carbocycles. The van der Waals surface area contributed by atoms with Crippen LogP contribution < -0.4 is 5.32 Å². The van der Waals surface area contributed by atoms with Gasteiger partial charge in [0.1, 0.15) is 0 Å². The Kier molecular flexibility index (Phi) is 4.89. The zero-order chi connectivity index (χ0) is 18.1. The average Bonchev–Trinajstić information content (AvgIpc) is 3.32. The summed E-state index contributed by atoms with van der Waals surface area (Å²) < 4.78 is 0. The minimum atomic E-state index is -0.686. The lowest BCUT2D eigenvalue weighted by molar-refractivity contribution is -0.139. The van der Waals surface area contributed by atoms with Gasteiger partial charge in [0.15, 0.2) is 0 Å². The fraction of sp³-hybridized carbons (Fsp3) is 0.591. The van der Waals surface area contributed by atoms with E-state index in [1.807, 2.05) is 0 Å². The number of rotatable bonds is 8. The fourth-order valence-electron chi connectivity index (χ4n) is 5.00. The molecule has 3 fully saturated rings. The first-order valence-corrected chi connectivity index (χ1v) is 10.0. The van der Waals surface area contributed by atoms with E-state index in [2.05, 4.69) is 53.5 Å². The van der Waals surface area contributed by atoms with Gasteiger partial charge in [-0.15, -0.1) is 0 Å². The summed E-state index contributed by atoms with van der Waals surface area (Å²) in [7, 11) is 0. The van der Waals surface area contributed by atoms with E-state index in [1.165, 1.54) is 24.8 Å². The van der Waals surface area contributed by atoms with Gasteiger partial charge in [-0.1, -0.05) is 48.9 Å². The lowest BCUT2D eigenvalue weighted by atomic mass is 9.60. The van der Waals surface area contributed by atoms with Crippen LogP contribution in [0.4, 0.5) is 0 Å². The van der Waals surface area contributed by atoms with Gasteiger partial charge in [0.05, 0.1) is 6.42 Å². The molecule has 1 aliphatic heterocycles. The normalized spacial score (nSPS) is 27.8. The summed E-state index contributed by atoms with van der Waals surface area (Å²) in [5.41, 5.74) is 3.38. The molecule has 1 saturated heterocycles. The summed E-state index contributed by atoms with van der Waals surface area (Å²) in [4.78, 5) is 12.9. The van der Waals surface area contributed by atoms with Gasteiger partial charge in [-0.2, -0.15) is 0 Å². The fourth-order valence-corrected chi connectivity index (χ4v) is 5.00. The molecule has 0 radical (unpaired) electrons. The number of likely N-dealkylation sites (tertiary alicyclic amines) is 1. The third-order valence-electron chi connectivity index (χ3n) is 6.40. The van der Waals surface area contributed by atoms with Crippen molar-refractivity contribution in [3.63, 3.8) is 0 Å². The van der Waals surface area contributed by atoms with Crippen LogP contribution in [0.25, 0.3) is 6.08 Å². The van der Waals surface area contributed by atoms with Gasteiger partial charge in [0.2, 0.25) is 0 Å². The molecule has 0 aromatic heterocycles. The summed E-state index contributed by atoms with van der Waals surface area (Å²) in [6.45, 7) is 5.17. The Balaban J connectivity index is 1.20. The molecule has 2 aliphatic carbocycles. The largest absolute Gasteiger partial charge is 0.481 e. The van der Waals surface area contributed by atoms with Crippen molar-refractivity contribution in [2.24, 2.45) is 11.3 Å². The topological polar surface area (TPSA) is 52.6 Å². The molecular weight excluding hydrogens is 324 g/mol. The third-order valence-corrected chi connectivity index (χ3v) is 6.40. The maximum atomic E-state index is 10.7. The number of carboxylic acids is 1. The quantitative estimate of drug-likeness (QED) is 0.751. The van der Waals surface area contributed by atoms with Gasteiger partial charge in [-0.3, -0.25) is 4.79 Å². The van der Waals surface area contributed by atoms with Crippen molar-refractivity contribution < 1.29 is 9.90 Å². The summed E-state index contributed by atoms with van der Waals surface area (Å²) in [6, 6.07) is 12.0. The Morgan fingerprint density at radius 1 is 1.31 bits per heavy atom. The molecule has 1 aromatic carbocycles. The average molecular weight is 354 g/mol. The summed E-state index contributed by atoms with van der Waals surface area (Å²) in [5, 5.41) is 12.6. The molecule has 1 spiro atoms. The first-order valence-electron chi connectivity index (χ1n) is 10.0. The molecule has 2 atom stereocenters. The number of hydrogen-bond donors (Lipinski definition) is 2. The van der Waals surface area contributed by atoms with Crippen molar-refractivity contribution in [1.82, 2.24) is 10.2 Å². The monoisotopic (exact) mass is 354 g/mol. The predicted molar refractivity (Wildman–Crippen MR) is 104 cm³/mol. The molecular formula is C22H30N2O2. The van der Waals surface area contributed by atoms with E-state index in [-0.39, 0.29) is 6.42 Å². The van der Waals surface area contributed by atoms with Crippen LogP contribution in [0.1, 0.15) is 44.6 Å². The molecule has 26 heavy (non-hydrogen) atoms. The van der Waals surface area contributed by atoms with Crippen LogP contribution in [0.2, 0.25) is 0 Å². The Labute approximate surface area is 156 Å². The molecule has 3 aliphatic rings. The second-order valence-corrected chi connectivity index (χ2v) is 8.56. The third kappa shape index (κ3) is 3.86. The zero-order valence-corrected chi connectivity index (χ0v) is 15.7. The van der Waals surface area contributed by atoms with Crippen LogP contribution >= 0.6 is 0 Å². The van der Waals surface area contributed by atoms with Crippen molar-refractivity contribution in [2.45, 2.75) is 51.1 Å². The molecule has 2 N–H and O–H groups in total. The number of carbonyl (C=O) groups is 1. The zero-order valence-electron chi connectivity index (χ0n) is 15.7. The van der Waals surface area contributed by atoms with Gasteiger partial charge in [-0.25, -0.2) is 0 Å². The van der Waals surface area contributed by atoms with Crippen LogP contribution in [-0.2, 0) is 4.79 Å². The first-order chi connectivity index (χ1) is 12.6. The number of benzene rings is 1. The number of nitrogens with zero attached hydrogens (tertiary/aromatic N) is 1. The smallest absolute Gasteiger partial charge is 0.304 e. The molecule has 140 valence electrons. The number of aliphatic carboxylic acids is 1. The Morgan fingerprint density at radius 3 is 2.69 bits per heavy atom. The van der Waals surface area contributed by atoms with Crippen molar-refractivity contribution >= 4 is 12.0 Å². The van der Waals surface area contributed by atoms with Crippen LogP contribution in [0.15, 0.2) is 35.9 Å². The van der Waals surface area contributed by atoms with E-state index in [4.69, 9.17) is 5.11 Å². The molecule has 4 nitrogen and oxygen atoms in total. The van der Waals surface area contributed by atoms with E-state index < -0.39 is 5.97 Å². The van der Waals surface area contributed by atoms with E-state index >= 15 is 0 Å². The molecule has 4 rings (SSSR count). The standard InChI is InChI=1S/C22H30N2O2/c1-2-17(10-16-6-4-3-5-7-16)19-11-20(19)23-18-12-22(13-18)14-24(15-22)9-8-21(25)26/h3-7,10,18-20,23H,2,8-9,11-15H2,1H3,(H,25,26)/t19?,20-/m0/s1. The minimum absolute atomic E-state index is 0.273. The van der Waals surface area contributed by atoms with E-state index in [1.54, 1.807) is 5.57 Å². The van der Waals surface area contributed by atoms with Crippen LogP contribution in [0, 0.1) is 11.3 Å². The molecule has 4 heteroatoms. The summed E-state index contributed by atoms with van der Waals surface area (Å²) in [6.07, 6.45) is 7.59. The van der Waals surface area contributed by atoms with Gasteiger partial charge in [0, 0.05) is 31.7 Å². The van der Waals surface area contributed by atoms with Gasteiger partial charge >= 0.3 is 5.97 Å². The maximum absolute atomic E-state index is 10.7. The maximum Gasteiger partial charge on any atom is 0.304 e. The SMILES string of the molecule is CCC(=Cc1ccccc1)C1C[C@@H]1NC1CC2(C1)CN(CCC(=O)O)C2. The molecule has 1 unspecified atom stereocenters. The molecule has 1 heterocycles. The number of carboxylic acid groups (broad SMARTS) is 1. The van der Waals surface area contributed by atoms with E-state index in [0.29, 0.717) is 30.0 Å². The van der Waals surface area contributed by atoms with E-state index in [9.17, 15) is 4.79 Å². The number of hydrogen-bond acceptors (Lipinski definition) is 3. The highest BCUT2D eigenvalue weighted by Gasteiger charge is 2.53. The van der Waals surface area contributed by atoms with Crippen molar-refractivity contribution in [3.8, 4) is 0 Å². The van der Waals surface area contributed by atoms with Crippen molar-refractivity contribution in [1.29, 1.82) is 0 Å². The Bertz CT molecular complexity index is 671. The first kappa shape index (κ1) is 17.7. The van der Waals surface area contributed by atoms with E-state index in [0.717, 1.165) is 19.5 Å². The van der Waals surface area contributed by atoms with Crippen LogP contribution in [0.3, 0.4) is 0 Å². The predicted octanol–water partition coefficient (Wildman–Crippen LogP) is 3.40. The molecule has 1 aromatic rings. The van der Waals surface area contributed by atoms with Gasteiger partial charge in [-0.05, 0) is 42.6 Å². The summed E-state index contributed by atoms with van der Waals surface area (Å²) in [5.74, 6) is 0.0272. The second kappa shape index (κ2) is 7.16. The second-order valence-electron chi connectivity index (χ2n) is 8.56. The highest BCUT2D eigenvalue weighted by Crippen LogP contribution is 2.50. The van der Waals surface area contributed by atoms with Crippen LogP contribution in [-0.4, -0.2) is 47.7 Å². The highest BCUT2D eigenvalue weighted by molar-refractivity contribution is 5.66. The van der Waals surface area contributed by atoms with Gasteiger partial charge < -0.3 is 15.3 Å². The highest BCUT2D eigenvalue weighted by atomic mass is 16.4. The summed E-state index contributed by atoms with van der Waals surface area (Å²) >= 11 is 0. The van der Waals surface area contributed by atoms with Crippen molar-refractivity contribution in [2.75, 3.05) is 19.6 Å². The molecule has 0 bridgehead atoms. The Hall–Kier alpha value is -1.65. The molecule has 0 amide bonds.